The van der Waals surface area contributed by atoms with E-state index >= 15 is 0 Å². The summed E-state index contributed by atoms with van der Waals surface area (Å²) in [5, 5.41) is 2.78. The number of benzene rings is 1. The van der Waals surface area contributed by atoms with E-state index in [0.29, 0.717) is 18.2 Å². The van der Waals surface area contributed by atoms with Crippen molar-refractivity contribution in [3.63, 3.8) is 0 Å². The zero-order valence-electron chi connectivity index (χ0n) is 14.6. The number of rotatable bonds is 6. The van der Waals surface area contributed by atoms with Gasteiger partial charge in [0, 0.05) is 18.7 Å². The number of likely N-dealkylation sites (N-methyl/N-ethyl adjacent to an activating group) is 1. The quantitative estimate of drug-likeness (QED) is 0.848. The number of carbonyl (C=O) groups is 1. The van der Waals surface area contributed by atoms with Crippen molar-refractivity contribution >= 4 is 5.91 Å². The third kappa shape index (κ3) is 4.76. The minimum Gasteiger partial charge on any atom is -0.349 e. The van der Waals surface area contributed by atoms with Crippen LogP contribution in [0.2, 0.25) is 0 Å². The molecule has 0 aliphatic rings. The summed E-state index contributed by atoms with van der Waals surface area (Å²) in [7, 11) is 3.86. The van der Waals surface area contributed by atoms with Crippen LogP contribution < -0.4 is 11.0 Å². The van der Waals surface area contributed by atoms with Gasteiger partial charge in [-0.15, -0.1) is 0 Å². The van der Waals surface area contributed by atoms with Crippen molar-refractivity contribution < 1.29 is 4.79 Å². The second kappa shape index (κ2) is 7.88. The maximum absolute atomic E-state index is 12.2. The SMILES string of the molecule is CC(C)c1ccc(-c2cc(C(=O)NCCN(C)C)[nH]c(=O)n2)cc1. The van der Waals surface area contributed by atoms with Crippen LogP contribution >= 0.6 is 0 Å². The molecule has 0 aliphatic carbocycles. The second-order valence-electron chi connectivity index (χ2n) is 6.32. The average Bonchev–Trinajstić information content (AvgIpc) is 2.54. The number of nitrogens with zero attached hydrogens (tertiary/aromatic N) is 2. The Labute approximate surface area is 141 Å². The summed E-state index contributed by atoms with van der Waals surface area (Å²) in [6.07, 6.45) is 0. The van der Waals surface area contributed by atoms with Gasteiger partial charge in [0.2, 0.25) is 0 Å². The van der Waals surface area contributed by atoms with Crippen molar-refractivity contribution in [2.45, 2.75) is 19.8 Å². The normalized spacial score (nSPS) is 11.1. The molecule has 0 saturated carbocycles. The van der Waals surface area contributed by atoms with E-state index < -0.39 is 5.69 Å². The van der Waals surface area contributed by atoms with Crippen molar-refractivity contribution in [1.82, 2.24) is 20.2 Å². The number of hydrogen-bond donors (Lipinski definition) is 2. The molecule has 6 nitrogen and oxygen atoms in total. The summed E-state index contributed by atoms with van der Waals surface area (Å²) in [4.78, 5) is 32.4. The topological polar surface area (TPSA) is 78.1 Å². The molecule has 2 aromatic rings. The molecule has 1 aromatic carbocycles. The van der Waals surface area contributed by atoms with Crippen LogP contribution in [0.5, 0.6) is 0 Å². The molecule has 0 bridgehead atoms. The summed E-state index contributed by atoms with van der Waals surface area (Å²) in [6.45, 7) is 5.48. The zero-order valence-corrected chi connectivity index (χ0v) is 14.6. The first-order chi connectivity index (χ1) is 11.4. The van der Waals surface area contributed by atoms with Gasteiger partial charge in [0.05, 0.1) is 5.69 Å². The molecule has 0 fully saturated rings. The molecule has 0 radical (unpaired) electrons. The highest BCUT2D eigenvalue weighted by Gasteiger charge is 2.11. The van der Waals surface area contributed by atoms with Crippen LogP contribution in [0.3, 0.4) is 0 Å². The van der Waals surface area contributed by atoms with Gasteiger partial charge < -0.3 is 15.2 Å². The minimum atomic E-state index is -0.529. The van der Waals surface area contributed by atoms with E-state index in [2.05, 4.69) is 29.1 Å². The lowest BCUT2D eigenvalue weighted by atomic mass is 10.0. The molecule has 0 atom stereocenters. The predicted octanol–water partition coefficient (Wildman–Crippen LogP) is 1.85. The van der Waals surface area contributed by atoms with Gasteiger partial charge >= 0.3 is 5.69 Å². The van der Waals surface area contributed by atoms with Crippen molar-refractivity contribution in [2.24, 2.45) is 0 Å². The average molecular weight is 328 g/mol. The fourth-order valence-electron chi connectivity index (χ4n) is 2.25. The van der Waals surface area contributed by atoms with E-state index in [1.54, 1.807) is 6.07 Å². The van der Waals surface area contributed by atoms with Crippen molar-refractivity contribution in [3.05, 3.63) is 52.1 Å². The van der Waals surface area contributed by atoms with Gasteiger partial charge in [0.15, 0.2) is 0 Å². The first-order valence-electron chi connectivity index (χ1n) is 8.01. The van der Waals surface area contributed by atoms with Gasteiger partial charge in [-0.05, 0) is 31.6 Å². The number of aromatic nitrogens is 2. The maximum atomic E-state index is 12.2. The standard InChI is InChI=1S/C18H24N4O2/c1-12(2)13-5-7-14(8-6-13)15-11-16(21-18(24)20-15)17(23)19-9-10-22(3)4/h5-8,11-12H,9-10H2,1-4H3,(H,19,23)(H,20,21,24). The molecule has 128 valence electrons. The molecular formula is C18H24N4O2. The maximum Gasteiger partial charge on any atom is 0.346 e. The summed E-state index contributed by atoms with van der Waals surface area (Å²) >= 11 is 0. The Balaban J connectivity index is 2.21. The van der Waals surface area contributed by atoms with E-state index in [9.17, 15) is 9.59 Å². The highest BCUT2D eigenvalue weighted by atomic mass is 16.2. The Bertz CT molecular complexity index is 748. The molecule has 6 heteroatoms. The van der Waals surface area contributed by atoms with Crippen LogP contribution in [0.4, 0.5) is 0 Å². The number of carbonyl (C=O) groups excluding carboxylic acids is 1. The lowest BCUT2D eigenvalue weighted by molar-refractivity contribution is 0.0945. The zero-order chi connectivity index (χ0) is 17.7. The largest absolute Gasteiger partial charge is 0.349 e. The van der Waals surface area contributed by atoms with Gasteiger partial charge in [0.1, 0.15) is 5.69 Å². The number of hydrogen-bond acceptors (Lipinski definition) is 4. The summed E-state index contributed by atoms with van der Waals surface area (Å²) in [5.41, 5.74) is 2.21. The van der Waals surface area contributed by atoms with Gasteiger partial charge in [-0.3, -0.25) is 4.79 Å². The van der Waals surface area contributed by atoms with Crippen LogP contribution in [0.1, 0.15) is 35.8 Å². The molecule has 24 heavy (non-hydrogen) atoms. The first kappa shape index (κ1) is 17.9. The summed E-state index contributed by atoms with van der Waals surface area (Å²) in [5.74, 6) is 0.126. The van der Waals surface area contributed by atoms with E-state index in [1.165, 1.54) is 5.56 Å². The molecule has 2 N–H and O–H groups in total. The molecule has 2 rings (SSSR count). The van der Waals surface area contributed by atoms with E-state index in [4.69, 9.17) is 0 Å². The van der Waals surface area contributed by atoms with Gasteiger partial charge in [-0.1, -0.05) is 38.1 Å². The number of aromatic amines is 1. The van der Waals surface area contributed by atoms with E-state index in [1.807, 2.05) is 43.3 Å². The molecular weight excluding hydrogens is 304 g/mol. The Morgan fingerprint density at radius 3 is 2.50 bits per heavy atom. The summed E-state index contributed by atoms with van der Waals surface area (Å²) in [6, 6.07) is 9.48. The minimum absolute atomic E-state index is 0.219. The fourth-order valence-corrected chi connectivity index (χ4v) is 2.25. The predicted molar refractivity (Wildman–Crippen MR) is 95.3 cm³/mol. The number of nitrogens with one attached hydrogen (secondary N) is 2. The van der Waals surface area contributed by atoms with E-state index in [-0.39, 0.29) is 11.6 Å². The summed E-state index contributed by atoms with van der Waals surface area (Å²) < 4.78 is 0. The lowest BCUT2D eigenvalue weighted by Crippen LogP contribution is -2.33. The molecule has 1 aromatic heterocycles. The highest BCUT2D eigenvalue weighted by molar-refractivity contribution is 5.93. The van der Waals surface area contributed by atoms with Crippen LogP contribution in [-0.4, -0.2) is 48.0 Å². The van der Waals surface area contributed by atoms with Crippen molar-refractivity contribution in [2.75, 3.05) is 27.2 Å². The van der Waals surface area contributed by atoms with Gasteiger partial charge in [0.25, 0.3) is 5.91 Å². The smallest absolute Gasteiger partial charge is 0.346 e. The number of H-pyrrole nitrogens is 1. The first-order valence-corrected chi connectivity index (χ1v) is 8.01. The van der Waals surface area contributed by atoms with Crippen LogP contribution in [0, 0.1) is 0 Å². The lowest BCUT2D eigenvalue weighted by Gasteiger charge is -2.11. The molecule has 0 unspecified atom stereocenters. The van der Waals surface area contributed by atoms with Crippen LogP contribution in [0.15, 0.2) is 35.1 Å². The van der Waals surface area contributed by atoms with Gasteiger partial charge in [-0.25, -0.2) is 4.79 Å². The third-order valence-corrected chi connectivity index (χ3v) is 3.71. The fraction of sp³-hybridized carbons (Fsp3) is 0.389. The molecule has 1 heterocycles. The van der Waals surface area contributed by atoms with E-state index in [0.717, 1.165) is 12.1 Å². The Hall–Kier alpha value is -2.47. The molecule has 1 amide bonds. The number of amides is 1. The molecule has 0 spiro atoms. The highest BCUT2D eigenvalue weighted by Crippen LogP contribution is 2.20. The van der Waals surface area contributed by atoms with Crippen molar-refractivity contribution in [1.29, 1.82) is 0 Å². The van der Waals surface area contributed by atoms with Crippen molar-refractivity contribution in [3.8, 4) is 11.3 Å². The Kier molecular flexibility index (Phi) is 5.87. The monoisotopic (exact) mass is 328 g/mol. The Morgan fingerprint density at radius 2 is 1.92 bits per heavy atom. The van der Waals surface area contributed by atoms with Gasteiger partial charge in [-0.2, -0.15) is 4.98 Å². The molecule has 0 aliphatic heterocycles. The molecule has 0 saturated heterocycles. The third-order valence-electron chi connectivity index (χ3n) is 3.71. The second-order valence-corrected chi connectivity index (χ2v) is 6.32. The Morgan fingerprint density at radius 1 is 1.25 bits per heavy atom. The van der Waals surface area contributed by atoms with Crippen LogP contribution in [0.25, 0.3) is 11.3 Å². The van der Waals surface area contributed by atoms with Crippen LogP contribution in [-0.2, 0) is 0 Å².